The minimum absolute atomic E-state index is 1.19. The number of rotatable bonds is 8. The number of quaternary nitrogens is 1. The molecule has 7 heteroatoms. The van der Waals surface area contributed by atoms with Crippen molar-refractivity contribution in [3.05, 3.63) is 0 Å². The molecule has 0 aromatic carbocycles. The van der Waals surface area contributed by atoms with Gasteiger partial charge in [-0.05, 0) is 26.9 Å². The summed E-state index contributed by atoms with van der Waals surface area (Å²) in [6.07, 6.45) is 1.33. The van der Waals surface area contributed by atoms with Crippen LogP contribution in [0.25, 0.3) is 0 Å². The second-order valence-electron chi connectivity index (χ2n) is 4.85. The number of halogens is 4. The van der Waals surface area contributed by atoms with Crippen LogP contribution in [0.2, 0.25) is 0 Å². The molecule has 0 radical (unpaired) electrons. The molecule has 19 heavy (non-hydrogen) atoms. The average Bonchev–Trinajstić information content (AvgIpc) is 2.32. The fourth-order valence-corrected chi connectivity index (χ4v) is 1.76. The van der Waals surface area contributed by atoms with Crippen LogP contribution in [0.4, 0.5) is 17.3 Å². The zero-order chi connectivity index (χ0) is 15.5. The summed E-state index contributed by atoms with van der Waals surface area (Å²) in [4.78, 5) is 2.51. The molecule has 0 saturated heterocycles. The number of hydrogen-bond acceptors (Lipinski definition) is 1. The molecule has 0 bridgehead atoms. The molecule has 0 aromatic heterocycles. The van der Waals surface area contributed by atoms with Gasteiger partial charge in [-0.15, -0.1) is 0 Å². The molecule has 0 rings (SSSR count). The Hall–Kier alpha value is -0.295. The van der Waals surface area contributed by atoms with Crippen LogP contribution in [-0.2, 0) is 0 Å². The van der Waals surface area contributed by atoms with Gasteiger partial charge in [-0.2, -0.15) is 0 Å². The average molecular weight is 288 g/mol. The second-order valence-corrected chi connectivity index (χ2v) is 4.85. The highest BCUT2D eigenvalue weighted by Gasteiger charge is 2.20. The molecule has 0 aromatic rings. The van der Waals surface area contributed by atoms with Crippen LogP contribution in [-0.4, -0.2) is 63.0 Å². The Labute approximate surface area is 115 Å². The van der Waals surface area contributed by atoms with E-state index in [0.717, 1.165) is 0 Å². The van der Waals surface area contributed by atoms with Crippen molar-refractivity contribution < 1.29 is 21.7 Å². The highest BCUT2D eigenvalue weighted by Crippen LogP contribution is 2.06. The summed E-state index contributed by atoms with van der Waals surface area (Å²) in [5.41, 5.74) is 0. The summed E-state index contributed by atoms with van der Waals surface area (Å²) < 4.78 is 40.2. The van der Waals surface area contributed by atoms with E-state index in [1.54, 1.807) is 0 Å². The van der Waals surface area contributed by atoms with E-state index in [-0.39, 0.29) is 0 Å². The van der Waals surface area contributed by atoms with Gasteiger partial charge in [0.05, 0.1) is 26.7 Å². The minimum Gasteiger partial charge on any atom is -0.418 e. The summed E-state index contributed by atoms with van der Waals surface area (Å²) in [5.74, 6) is 0. The van der Waals surface area contributed by atoms with E-state index in [0.29, 0.717) is 0 Å². The van der Waals surface area contributed by atoms with Gasteiger partial charge in [0, 0.05) is 13.0 Å². The molecule has 118 valence electrons. The molecule has 0 spiro atoms. The minimum atomic E-state index is -6.00. The lowest BCUT2D eigenvalue weighted by atomic mass is 10.3. The first kappa shape index (κ1) is 21.0. The Kier molecular flexibility index (Phi) is 11.6. The molecule has 0 N–H and O–H groups in total. The molecule has 0 unspecified atom stereocenters. The Bertz CT molecular complexity index is 198. The fourth-order valence-electron chi connectivity index (χ4n) is 1.76. The number of hydrogen-bond donors (Lipinski definition) is 0. The van der Waals surface area contributed by atoms with Crippen molar-refractivity contribution in [2.75, 3.05) is 46.3 Å². The van der Waals surface area contributed by atoms with Crippen LogP contribution in [0, 0.1) is 0 Å². The predicted molar refractivity (Wildman–Crippen MR) is 74.7 cm³/mol. The zero-order valence-corrected chi connectivity index (χ0v) is 12.9. The van der Waals surface area contributed by atoms with E-state index in [1.165, 1.54) is 50.2 Å². The second kappa shape index (κ2) is 10.5. The highest BCUT2D eigenvalue weighted by atomic mass is 19.5. The van der Waals surface area contributed by atoms with Gasteiger partial charge in [0.1, 0.15) is 0 Å². The van der Waals surface area contributed by atoms with E-state index in [1.807, 2.05) is 0 Å². The third-order valence-corrected chi connectivity index (χ3v) is 3.59. The van der Waals surface area contributed by atoms with Gasteiger partial charge >= 0.3 is 7.25 Å². The molecule has 0 atom stereocenters. The number of nitrogens with zero attached hydrogens (tertiary/aromatic N) is 2. The maximum atomic E-state index is 9.75. The lowest BCUT2D eigenvalue weighted by Crippen LogP contribution is -2.45. The highest BCUT2D eigenvalue weighted by molar-refractivity contribution is 6.50. The van der Waals surface area contributed by atoms with Crippen LogP contribution in [0.3, 0.4) is 0 Å². The Morgan fingerprint density at radius 2 is 1.26 bits per heavy atom. The van der Waals surface area contributed by atoms with Crippen molar-refractivity contribution >= 4 is 7.25 Å². The molecule has 0 fully saturated rings. The molecule has 2 nitrogen and oxygen atoms in total. The Morgan fingerprint density at radius 3 is 1.53 bits per heavy atom. The quantitative estimate of drug-likeness (QED) is 0.375. The topological polar surface area (TPSA) is 3.24 Å². The molecule has 0 aliphatic carbocycles. The first-order valence-electron chi connectivity index (χ1n) is 7.05. The third-order valence-electron chi connectivity index (χ3n) is 3.59. The molecule has 0 heterocycles. The van der Waals surface area contributed by atoms with Crippen molar-refractivity contribution in [2.24, 2.45) is 0 Å². The predicted octanol–water partition coefficient (Wildman–Crippen LogP) is 3.50. The van der Waals surface area contributed by atoms with E-state index in [2.05, 4.69) is 39.6 Å². The van der Waals surface area contributed by atoms with Gasteiger partial charge in [-0.25, -0.2) is 0 Å². The summed E-state index contributed by atoms with van der Waals surface area (Å²) in [7, 11) is -3.64. The SMILES string of the molecule is CCN(CC)CCC[N+](C)(CC)CC.F[B-](F)(F)F. The zero-order valence-electron chi connectivity index (χ0n) is 12.9. The summed E-state index contributed by atoms with van der Waals surface area (Å²) in [6, 6.07) is 0. The van der Waals surface area contributed by atoms with E-state index >= 15 is 0 Å². The lowest BCUT2D eigenvalue weighted by Gasteiger charge is -2.33. The van der Waals surface area contributed by atoms with Gasteiger partial charge in [0.25, 0.3) is 0 Å². The van der Waals surface area contributed by atoms with Gasteiger partial charge in [-0.3, -0.25) is 0 Å². The molecule has 0 aliphatic heterocycles. The van der Waals surface area contributed by atoms with Gasteiger partial charge < -0.3 is 26.6 Å². The molecular formula is C12H29BF4N2. The van der Waals surface area contributed by atoms with Crippen molar-refractivity contribution in [3.8, 4) is 0 Å². The van der Waals surface area contributed by atoms with Crippen LogP contribution in [0.5, 0.6) is 0 Å². The van der Waals surface area contributed by atoms with Crippen molar-refractivity contribution in [1.82, 2.24) is 4.90 Å². The Balaban J connectivity index is 0. The normalized spacial score (nSPS) is 12.3. The van der Waals surface area contributed by atoms with Crippen molar-refractivity contribution in [1.29, 1.82) is 0 Å². The largest absolute Gasteiger partial charge is 0.673 e. The first-order chi connectivity index (χ1) is 8.61. The van der Waals surface area contributed by atoms with Gasteiger partial charge in [0.2, 0.25) is 0 Å². The lowest BCUT2D eigenvalue weighted by molar-refractivity contribution is -0.906. The van der Waals surface area contributed by atoms with Crippen molar-refractivity contribution in [2.45, 2.75) is 34.1 Å². The van der Waals surface area contributed by atoms with Crippen LogP contribution >= 0.6 is 0 Å². The monoisotopic (exact) mass is 288 g/mol. The molecule has 0 aliphatic rings. The maximum Gasteiger partial charge on any atom is 0.673 e. The molecule has 0 amide bonds. The summed E-state index contributed by atoms with van der Waals surface area (Å²) >= 11 is 0. The molecular weight excluding hydrogens is 259 g/mol. The van der Waals surface area contributed by atoms with Gasteiger partial charge in [-0.1, -0.05) is 13.8 Å². The third kappa shape index (κ3) is 15.6. The Morgan fingerprint density at radius 1 is 0.895 bits per heavy atom. The van der Waals surface area contributed by atoms with Crippen molar-refractivity contribution in [3.63, 3.8) is 0 Å². The maximum absolute atomic E-state index is 9.75. The smallest absolute Gasteiger partial charge is 0.418 e. The van der Waals surface area contributed by atoms with E-state index in [4.69, 9.17) is 0 Å². The summed E-state index contributed by atoms with van der Waals surface area (Å²) in [6.45, 7) is 16.6. The standard InChI is InChI=1S/C12H29N2.BF4/c1-6-13(7-2)11-10-12-14(5,8-3)9-4;2-1(3,4)5/h6-12H2,1-5H3;/q+1;-1. The van der Waals surface area contributed by atoms with E-state index in [9.17, 15) is 17.3 Å². The van der Waals surface area contributed by atoms with Crippen LogP contribution in [0.15, 0.2) is 0 Å². The van der Waals surface area contributed by atoms with E-state index < -0.39 is 7.25 Å². The first-order valence-corrected chi connectivity index (χ1v) is 7.05. The van der Waals surface area contributed by atoms with Crippen LogP contribution in [0.1, 0.15) is 34.1 Å². The van der Waals surface area contributed by atoms with Gasteiger partial charge in [0.15, 0.2) is 0 Å². The van der Waals surface area contributed by atoms with Crippen LogP contribution < -0.4 is 0 Å². The fraction of sp³-hybridized carbons (Fsp3) is 1.00. The molecule has 0 saturated carbocycles. The summed E-state index contributed by atoms with van der Waals surface area (Å²) in [5, 5.41) is 0.